The smallest absolute Gasteiger partial charge is 0.213 e. The van der Waals surface area contributed by atoms with Gasteiger partial charge in [-0.05, 0) is 37.8 Å². The number of unbranched alkanes of at least 4 members (excludes halogenated alkanes) is 9. The zero-order chi connectivity index (χ0) is 21.7. The standard InChI is InChI=1S/C27H40N2O2/c1-3-5-7-9-10-11-13-21-31-27-19-15-23-22-14-18-26(30-20-12-8-6-4-2)28-24(22)16-17-25(23)29-27/h14-15,18-19H,3-13,16-17,20-21H2,1-2H3. The second kappa shape index (κ2) is 13.3. The maximum Gasteiger partial charge on any atom is 0.213 e. The molecule has 0 aliphatic heterocycles. The molecule has 2 aromatic heterocycles. The lowest BCUT2D eigenvalue weighted by atomic mass is 9.92. The maximum atomic E-state index is 5.93. The molecule has 1 aliphatic rings. The highest BCUT2D eigenvalue weighted by atomic mass is 16.5. The van der Waals surface area contributed by atoms with Gasteiger partial charge in [-0.1, -0.05) is 71.6 Å². The summed E-state index contributed by atoms with van der Waals surface area (Å²) < 4.78 is 11.8. The molecule has 1 aliphatic carbocycles. The Morgan fingerprint density at radius 2 is 1.00 bits per heavy atom. The molecule has 0 saturated carbocycles. The second-order valence-corrected chi connectivity index (χ2v) is 8.67. The van der Waals surface area contributed by atoms with Crippen LogP contribution in [0, 0.1) is 0 Å². The largest absolute Gasteiger partial charge is 0.478 e. The summed E-state index contributed by atoms with van der Waals surface area (Å²) in [5.41, 5.74) is 4.62. The van der Waals surface area contributed by atoms with Crippen LogP contribution in [0.1, 0.15) is 95.9 Å². The van der Waals surface area contributed by atoms with Gasteiger partial charge in [0.2, 0.25) is 11.8 Å². The molecule has 0 atom stereocenters. The van der Waals surface area contributed by atoms with Gasteiger partial charge in [0.15, 0.2) is 0 Å². The Bertz CT molecular complexity index is 791. The fourth-order valence-corrected chi connectivity index (χ4v) is 4.17. The Morgan fingerprint density at radius 1 is 0.581 bits per heavy atom. The first-order chi connectivity index (χ1) is 15.3. The summed E-state index contributed by atoms with van der Waals surface area (Å²) in [5.74, 6) is 1.51. The van der Waals surface area contributed by atoms with Crippen LogP contribution in [0.4, 0.5) is 0 Å². The van der Waals surface area contributed by atoms with Crippen molar-refractivity contribution in [1.82, 2.24) is 9.97 Å². The fraction of sp³-hybridized carbons (Fsp3) is 0.630. The molecular weight excluding hydrogens is 384 g/mol. The third kappa shape index (κ3) is 7.52. The average molecular weight is 425 g/mol. The van der Waals surface area contributed by atoms with Crippen molar-refractivity contribution in [3.63, 3.8) is 0 Å². The number of fused-ring (bicyclic) bond motifs is 3. The van der Waals surface area contributed by atoms with Crippen molar-refractivity contribution in [2.24, 2.45) is 0 Å². The van der Waals surface area contributed by atoms with E-state index in [9.17, 15) is 0 Å². The van der Waals surface area contributed by atoms with Crippen LogP contribution >= 0.6 is 0 Å². The van der Waals surface area contributed by atoms with Gasteiger partial charge in [-0.15, -0.1) is 0 Å². The SMILES string of the molecule is CCCCCCCCCOc1ccc2c(n1)CCc1nc(OCCCCCC)ccc1-2. The van der Waals surface area contributed by atoms with E-state index >= 15 is 0 Å². The minimum Gasteiger partial charge on any atom is -0.478 e. The number of rotatable bonds is 15. The lowest BCUT2D eigenvalue weighted by Crippen LogP contribution is -2.10. The molecule has 0 N–H and O–H groups in total. The molecule has 0 unspecified atom stereocenters. The van der Waals surface area contributed by atoms with Crippen LogP contribution in [-0.2, 0) is 12.8 Å². The molecule has 0 amide bonds. The molecule has 4 heteroatoms. The van der Waals surface area contributed by atoms with Crippen LogP contribution in [0.2, 0.25) is 0 Å². The van der Waals surface area contributed by atoms with Gasteiger partial charge in [0.1, 0.15) is 0 Å². The Balaban J connectivity index is 1.47. The first-order valence-electron chi connectivity index (χ1n) is 12.6. The number of hydrogen-bond acceptors (Lipinski definition) is 4. The summed E-state index contributed by atoms with van der Waals surface area (Å²) in [7, 11) is 0. The van der Waals surface area contributed by atoms with E-state index in [1.165, 1.54) is 68.9 Å². The summed E-state index contributed by atoms with van der Waals surface area (Å²) in [6.45, 7) is 6.00. The Morgan fingerprint density at radius 3 is 1.48 bits per heavy atom. The molecule has 0 spiro atoms. The highest BCUT2D eigenvalue weighted by Gasteiger charge is 2.19. The minimum absolute atomic E-state index is 0.751. The van der Waals surface area contributed by atoms with E-state index in [-0.39, 0.29) is 0 Å². The van der Waals surface area contributed by atoms with Gasteiger partial charge in [0.05, 0.1) is 24.6 Å². The molecule has 31 heavy (non-hydrogen) atoms. The number of aromatic nitrogens is 2. The van der Waals surface area contributed by atoms with Crippen molar-refractivity contribution in [3.8, 4) is 22.9 Å². The summed E-state index contributed by atoms with van der Waals surface area (Å²) in [6.07, 6.45) is 15.7. The molecule has 3 rings (SSSR count). The maximum absolute atomic E-state index is 5.93. The van der Waals surface area contributed by atoms with E-state index in [2.05, 4.69) is 26.0 Å². The van der Waals surface area contributed by atoms with Crippen molar-refractivity contribution in [3.05, 3.63) is 35.7 Å². The highest BCUT2D eigenvalue weighted by Crippen LogP contribution is 2.34. The quantitative estimate of drug-likeness (QED) is 0.281. The van der Waals surface area contributed by atoms with E-state index in [4.69, 9.17) is 19.4 Å². The number of hydrogen-bond donors (Lipinski definition) is 0. The van der Waals surface area contributed by atoms with Gasteiger partial charge < -0.3 is 9.47 Å². The van der Waals surface area contributed by atoms with E-state index in [1.54, 1.807) is 0 Å². The van der Waals surface area contributed by atoms with Crippen LogP contribution in [0.3, 0.4) is 0 Å². The Kier molecular flexibility index (Phi) is 10.1. The molecule has 170 valence electrons. The molecule has 0 fully saturated rings. The van der Waals surface area contributed by atoms with Gasteiger partial charge in [0, 0.05) is 23.3 Å². The number of nitrogens with zero attached hydrogens (tertiary/aromatic N) is 2. The van der Waals surface area contributed by atoms with Crippen LogP contribution in [0.5, 0.6) is 11.8 Å². The minimum atomic E-state index is 0.751. The molecule has 4 nitrogen and oxygen atoms in total. The Hall–Kier alpha value is -2.10. The van der Waals surface area contributed by atoms with Gasteiger partial charge >= 0.3 is 0 Å². The zero-order valence-electron chi connectivity index (χ0n) is 19.6. The summed E-state index contributed by atoms with van der Waals surface area (Å²) >= 11 is 0. The van der Waals surface area contributed by atoms with E-state index in [1.807, 2.05) is 12.1 Å². The number of pyridine rings is 2. The molecule has 2 aromatic rings. The lowest BCUT2D eigenvalue weighted by Gasteiger charge is -2.19. The lowest BCUT2D eigenvalue weighted by molar-refractivity contribution is 0.291. The normalized spacial score (nSPS) is 12.3. The van der Waals surface area contributed by atoms with Crippen LogP contribution < -0.4 is 9.47 Å². The van der Waals surface area contributed by atoms with Gasteiger partial charge in [-0.3, -0.25) is 0 Å². The van der Waals surface area contributed by atoms with Crippen molar-refractivity contribution in [2.75, 3.05) is 13.2 Å². The molecule has 0 saturated heterocycles. The van der Waals surface area contributed by atoms with Gasteiger partial charge in [-0.25, -0.2) is 9.97 Å². The summed E-state index contributed by atoms with van der Waals surface area (Å²) in [5, 5.41) is 0. The van der Waals surface area contributed by atoms with Gasteiger partial charge in [-0.2, -0.15) is 0 Å². The van der Waals surface area contributed by atoms with Crippen LogP contribution in [0.25, 0.3) is 11.1 Å². The van der Waals surface area contributed by atoms with Gasteiger partial charge in [0.25, 0.3) is 0 Å². The third-order valence-corrected chi connectivity index (χ3v) is 6.03. The molecule has 0 aromatic carbocycles. The fourth-order valence-electron chi connectivity index (χ4n) is 4.17. The Labute approximate surface area is 188 Å². The predicted octanol–water partition coefficient (Wildman–Crippen LogP) is 7.33. The van der Waals surface area contributed by atoms with Crippen molar-refractivity contribution in [2.45, 2.75) is 97.3 Å². The summed E-state index contributed by atoms with van der Waals surface area (Å²) in [4.78, 5) is 9.56. The number of ether oxygens (including phenoxy) is 2. The zero-order valence-corrected chi connectivity index (χ0v) is 19.6. The highest BCUT2D eigenvalue weighted by molar-refractivity contribution is 5.71. The summed E-state index contributed by atoms with van der Waals surface area (Å²) in [6, 6.07) is 8.29. The third-order valence-electron chi connectivity index (χ3n) is 6.03. The second-order valence-electron chi connectivity index (χ2n) is 8.67. The molecule has 0 radical (unpaired) electrons. The van der Waals surface area contributed by atoms with E-state index in [0.717, 1.165) is 62.0 Å². The molecule has 2 heterocycles. The topological polar surface area (TPSA) is 44.2 Å². The van der Waals surface area contributed by atoms with Crippen molar-refractivity contribution >= 4 is 0 Å². The van der Waals surface area contributed by atoms with Crippen molar-refractivity contribution in [1.29, 1.82) is 0 Å². The predicted molar refractivity (Wildman–Crippen MR) is 128 cm³/mol. The molecular formula is C27H40N2O2. The van der Waals surface area contributed by atoms with Crippen molar-refractivity contribution < 1.29 is 9.47 Å². The van der Waals surface area contributed by atoms with Crippen LogP contribution in [0.15, 0.2) is 24.3 Å². The first kappa shape index (κ1) is 23.6. The van der Waals surface area contributed by atoms with E-state index in [0.29, 0.717) is 0 Å². The van der Waals surface area contributed by atoms with E-state index < -0.39 is 0 Å². The first-order valence-corrected chi connectivity index (χ1v) is 12.6. The monoisotopic (exact) mass is 424 g/mol. The molecule has 0 bridgehead atoms. The van der Waals surface area contributed by atoms with Crippen LogP contribution in [-0.4, -0.2) is 23.2 Å². The average Bonchev–Trinajstić information content (AvgIpc) is 2.80. The number of aryl methyl sites for hydroxylation is 2.